The predicted molar refractivity (Wildman–Crippen MR) is 179 cm³/mol. The van der Waals surface area contributed by atoms with Gasteiger partial charge in [-0.25, -0.2) is 15.0 Å². The highest BCUT2D eigenvalue weighted by Gasteiger charge is 2.23. The second-order valence-corrected chi connectivity index (χ2v) is 10.9. The molecule has 5 nitrogen and oxygen atoms in total. The van der Waals surface area contributed by atoms with Gasteiger partial charge in [0.25, 0.3) is 0 Å². The van der Waals surface area contributed by atoms with E-state index in [4.69, 9.17) is 15.0 Å². The molecular weight excluding hydrogens is 538 g/mol. The number of hydrogen-bond acceptors (Lipinski definition) is 3. The molecule has 0 aliphatic heterocycles. The van der Waals surface area contributed by atoms with Crippen molar-refractivity contribution < 1.29 is 0 Å². The molecule has 0 spiro atoms. The zero-order valence-electron chi connectivity index (χ0n) is 23.7. The number of aromatic nitrogens is 5. The van der Waals surface area contributed by atoms with E-state index in [0.717, 1.165) is 66.6 Å². The molecular formula is C39H25N5. The first-order valence-corrected chi connectivity index (χ1v) is 14.7. The van der Waals surface area contributed by atoms with Crippen molar-refractivity contribution in [3.05, 3.63) is 152 Å². The maximum atomic E-state index is 5.26. The highest BCUT2D eigenvalue weighted by molar-refractivity contribution is 6.23. The average Bonchev–Trinajstić information content (AvgIpc) is 3.62. The first-order valence-electron chi connectivity index (χ1n) is 14.7. The van der Waals surface area contributed by atoms with Crippen LogP contribution in [0.15, 0.2) is 152 Å². The van der Waals surface area contributed by atoms with Gasteiger partial charge in [0.05, 0.1) is 33.5 Å². The van der Waals surface area contributed by atoms with Crippen molar-refractivity contribution in [1.29, 1.82) is 0 Å². The van der Waals surface area contributed by atoms with Gasteiger partial charge in [0.15, 0.2) is 0 Å². The van der Waals surface area contributed by atoms with Crippen molar-refractivity contribution in [2.45, 2.75) is 0 Å². The number of hydrogen-bond donors (Lipinski definition) is 0. The quantitative estimate of drug-likeness (QED) is 0.214. The molecule has 0 saturated heterocycles. The van der Waals surface area contributed by atoms with Gasteiger partial charge in [0, 0.05) is 38.9 Å². The highest BCUT2D eigenvalue weighted by Crippen LogP contribution is 2.41. The van der Waals surface area contributed by atoms with Crippen LogP contribution in [0.2, 0.25) is 0 Å². The Kier molecular flexibility index (Phi) is 5.43. The Bertz CT molecular complexity index is 2420. The molecule has 0 amide bonds. The molecule has 9 aromatic rings. The minimum absolute atomic E-state index is 0.627. The van der Waals surface area contributed by atoms with E-state index in [1.165, 1.54) is 5.39 Å². The summed E-state index contributed by atoms with van der Waals surface area (Å²) in [5.74, 6) is 1.49. The molecule has 0 aliphatic rings. The third-order valence-electron chi connectivity index (χ3n) is 8.40. The molecule has 0 aliphatic carbocycles. The van der Waals surface area contributed by atoms with Crippen molar-refractivity contribution in [3.8, 4) is 34.3 Å². The summed E-state index contributed by atoms with van der Waals surface area (Å²) in [7, 11) is 0. The smallest absolute Gasteiger partial charge is 0.235 e. The molecule has 0 N–H and O–H groups in total. The van der Waals surface area contributed by atoms with Crippen LogP contribution in [0.3, 0.4) is 0 Å². The normalized spacial score (nSPS) is 11.6. The largest absolute Gasteiger partial charge is 0.292 e. The Labute approximate surface area is 253 Å². The number of benzene rings is 5. The van der Waals surface area contributed by atoms with Gasteiger partial charge in [-0.3, -0.25) is 9.13 Å². The molecule has 44 heavy (non-hydrogen) atoms. The Morgan fingerprint density at radius 1 is 0.409 bits per heavy atom. The lowest BCUT2D eigenvalue weighted by molar-refractivity contribution is 0.993. The van der Waals surface area contributed by atoms with E-state index in [0.29, 0.717) is 5.95 Å². The minimum Gasteiger partial charge on any atom is -0.292 e. The van der Waals surface area contributed by atoms with Crippen LogP contribution in [0.5, 0.6) is 0 Å². The fourth-order valence-corrected chi connectivity index (χ4v) is 6.48. The van der Waals surface area contributed by atoms with Crippen LogP contribution in [0.1, 0.15) is 0 Å². The van der Waals surface area contributed by atoms with Crippen LogP contribution < -0.4 is 0 Å². The van der Waals surface area contributed by atoms with Gasteiger partial charge in [-0.15, -0.1) is 0 Å². The summed E-state index contributed by atoms with van der Waals surface area (Å²) in [6.45, 7) is 0. The molecule has 0 saturated carbocycles. The molecule has 5 heteroatoms. The van der Waals surface area contributed by atoms with Crippen LogP contribution in [0.25, 0.3) is 77.9 Å². The standard InChI is InChI=1S/C39H25N5/c1-3-13-26(14-4-1)32-25-33(27-15-5-2-6-16-27)42-39(41-32)44-35-20-10-8-18-29(35)31-23-22-30-28-17-7-9-19-34(28)43(37(30)38(31)44)36-21-11-12-24-40-36/h1-25H. The first-order chi connectivity index (χ1) is 21.8. The van der Waals surface area contributed by atoms with Crippen molar-refractivity contribution in [2.24, 2.45) is 0 Å². The molecule has 4 aromatic heterocycles. The van der Waals surface area contributed by atoms with Gasteiger partial charge in [0.1, 0.15) is 5.82 Å². The summed E-state index contributed by atoms with van der Waals surface area (Å²) in [4.78, 5) is 15.3. The molecule has 0 fully saturated rings. The molecule has 4 heterocycles. The van der Waals surface area contributed by atoms with E-state index in [1.54, 1.807) is 0 Å². The summed E-state index contributed by atoms with van der Waals surface area (Å²) in [5, 5.41) is 4.63. The molecule has 0 radical (unpaired) electrons. The molecule has 0 atom stereocenters. The van der Waals surface area contributed by atoms with E-state index in [9.17, 15) is 0 Å². The van der Waals surface area contributed by atoms with E-state index >= 15 is 0 Å². The Morgan fingerprint density at radius 3 is 1.48 bits per heavy atom. The summed E-state index contributed by atoms with van der Waals surface area (Å²) in [6.07, 6.45) is 1.85. The van der Waals surface area contributed by atoms with Gasteiger partial charge in [0.2, 0.25) is 5.95 Å². The minimum atomic E-state index is 0.627. The zero-order valence-corrected chi connectivity index (χ0v) is 23.7. The fourth-order valence-electron chi connectivity index (χ4n) is 6.48. The summed E-state index contributed by atoms with van der Waals surface area (Å²) in [6, 6.07) is 50.4. The van der Waals surface area contributed by atoms with Crippen LogP contribution in [0, 0.1) is 0 Å². The lowest BCUT2D eigenvalue weighted by Gasteiger charge is -2.13. The van der Waals surface area contributed by atoms with Crippen LogP contribution in [-0.4, -0.2) is 24.1 Å². The Morgan fingerprint density at radius 2 is 0.909 bits per heavy atom. The molecule has 206 valence electrons. The molecule has 0 bridgehead atoms. The number of fused-ring (bicyclic) bond motifs is 7. The van der Waals surface area contributed by atoms with E-state index < -0.39 is 0 Å². The van der Waals surface area contributed by atoms with Gasteiger partial charge >= 0.3 is 0 Å². The van der Waals surface area contributed by atoms with Crippen LogP contribution >= 0.6 is 0 Å². The van der Waals surface area contributed by atoms with Crippen molar-refractivity contribution in [3.63, 3.8) is 0 Å². The highest BCUT2D eigenvalue weighted by atomic mass is 15.2. The maximum Gasteiger partial charge on any atom is 0.235 e. The topological polar surface area (TPSA) is 48.5 Å². The molecule has 0 unspecified atom stereocenters. The fraction of sp³-hybridized carbons (Fsp3) is 0. The summed E-state index contributed by atoms with van der Waals surface area (Å²) >= 11 is 0. The first kappa shape index (κ1) is 24.5. The SMILES string of the molecule is c1ccc(-c2cc(-c3ccccc3)nc(-n3c4ccccc4c4ccc5c6ccccc6n(-c6ccccn6)c5c43)n2)cc1. The van der Waals surface area contributed by atoms with Gasteiger partial charge in [-0.05, 0) is 30.3 Å². The van der Waals surface area contributed by atoms with Gasteiger partial charge < -0.3 is 0 Å². The van der Waals surface area contributed by atoms with E-state index in [-0.39, 0.29) is 0 Å². The van der Waals surface area contributed by atoms with E-state index in [1.807, 2.05) is 30.5 Å². The Balaban J connectivity index is 1.48. The molecule has 5 aromatic carbocycles. The number of nitrogens with zero attached hydrogens (tertiary/aromatic N) is 5. The zero-order chi connectivity index (χ0) is 29.0. The van der Waals surface area contributed by atoms with Crippen molar-refractivity contribution in [1.82, 2.24) is 24.1 Å². The van der Waals surface area contributed by atoms with Crippen molar-refractivity contribution in [2.75, 3.05) is 0 Å². The Hall–Kier alpha value is -6.07. The molecule has 9 rings (SSSR count). The third-order valence-corrected chi connectivity index (χ3v) is 8.40. The van der Waals surface area contributed by atoms with E-state index in [2.05, 4.69) is 130 Å². The lowest BCUT2D eigenvalue weighted by Crippen LogP contribution is -2.05. The average molecular weight is 564 g/mol. The second-order valence-electron chi connectivity index (χ2n) is 10.9. The maximum absolute atomic E-state index is 5.26. The third kappa shape index (κ3) is 3.69. The van der Waals surface area contributed by atoms with Crippen LogP contribution in [0.4, 0.5) is 0 Å². The van der Waals surface area contributed by atoms with Gasteiger partial charge in [-0.2, -0.15) is 0 Å². The second kappa shape index (κ2) is 9.75. The summed E-state index contributed by atoms with van der Waals surface area (Å²) in [5.41, 5.74) is 8.12. The monoisotopic (exact) mass is 563 g/mol. The number of rotatable bonds is 4. The van der Waals surface area contributed by atoms with Gasteiger partial charge in [-0.1, -0.05) is 115 Å². The van der Waals surface area contributed by atoms with Crippen LogP contribution in [-0.2, 0) is 0 Å². The predicted octanol–water partition coefficient (Wildman–Crippen LogP) is 9.40. The lowest BCUT2D eigenvalue weighted by atomic mass is 10.1. The van der Waals surface area contributed by atoms with Crippen molar-refractivity contribution >= 4 is 43.6 Å². The number of pyridine rings is 1. The number of para-hydroxylation sites is 2. The summed E-state index contributed by atoms with van der Waals surface area (Å²) < 4.78 is 4.52.